The lowest BCUT2D eigenvalue weighted by Crippen LogP contribution is -2.31. The van der Waals surface area contributed by atoms with Gasteiger partial charge in [-0.05, 0) is 43.7 Å². The van der Waals surface area contributed by atoms with E-state index in [4.69, 9.17) is 15.2 Å². The molecule has 1 aliphatic carbocycles. The van der Waals surface area contributed by atoms with Gasteiger partial charge in [0.2, 0.25) is 0 Å². The van der Waals surface area contributed by atoms with Crippen LogP contribution in [0.25, 0.3) is 0 Å². The minimum Gasteiger partial charge on any atom is -0.493 e. The van der Waals surface area contributed by atoms with Crippen molar-refractivity contribution in [3.63, 3.8) is 0 Å². The van der Waals surface area contributed by atoms with Gasteiger partial charge in [-0.2, -0.15) is 0 Å². The van der Waals surface area contributed by atoms with E-state index < -0.39 is 0 Å². The zero-order valence-corrected chi connectivity index (χ0v) is 14.1. The molecule has 0 atom stereocenters. The van der Waals surface area contributed by atoms with Gasteiger partial charge in [0.1, 0.15) is 18.1 Å². The third kappa shape index (κ3) is 4.64. The molecule has 0 unspecified atom stereocenters. The third-order valence-electron chi connectivity index (χ3n) is 4.66. The average Bonchev–Trinajstić information content (AvgIpc) is 3.37. The fraction of sp³-hybridized carbons (Fsp3) is 0.684. The summed E-state index contributed by atoms with van der Waals surface area (Å²) in [5.74, 6) is 2.61. The molecule has 0 radical (unpaired) electrons. The van der Waals surface area contributed by atoms with Crippen LogP contribution in [0, 0.1) is 11.3 Å². The van der Waals surface area contributed by atoms with Crippen molar-refractivity contribution < 1.29 is 9.47 Å². The van der Waals surface area contributed by atoms with E-state index in [0.29, 0.717) is 18.6 Å². The van der Waals surface area contributed by atoms with Gasteiger partial charge in [-0.25, -0.2) is 0 Å². The van der Waals surface area contributed by atoms with Crippen LogP contribution < -0.4 is 15.2 Å². The highest BCUT2D eigenvalue weighted by Crippen LogP contribution is 2.51. The Morgan fingerprint density at radius 1 is 1.09 bits per heavy atom. The van der Waals surface area contributed by atoms with Gasteiger partial charge in [0.15, 0.2) is 0 Å². The molecule has 0 bridgehead atoms. The lowest BCUT2D eigenvalue weighted by Gasteiger charge is -2.33. The maximum absolute atomic E-state index is 6.19. The summed E-state index contributed by atoms with van der Waals surface area (Å²) in [7, 11) is 0. The molecule has 3 heteroatoms. The van der Waals surface area contributed by atoms with Crippen LogP contribution in [0.1, 0.15) is 52.4 Å². The normalized spacial score (nSPS) is 14.9. The molecule has 0 aromatic heterocycles. The standard InChI is InChI=1S/C19H31NO2/c1-3-10-19(11-4-2,16-8-9-16)15-22-18-7-5-6-17(14-18)21-13-12-20/h5-7,14,16H,3-4,8-13,15,20H2,1-2H3. The first-order valence-corrected chi connectivity index (χ1v) is 8.80. The second kappa shape index (κ2) is 8.42. The Hall–Kier alpha value is -1.22. The Morgan fingerprint density at radius 2 is 1.73 bits per heavy atom. The Morgan fingerprint density at radius 3 is 2.27 bits per heavy atom. The fourth-order valence-electron chi connectivity index (χ4n) is 3.54. The minimum absolute atomic E-state index is 0.373. The highest BCUT2D eigenvalue weighted by atomic mass is 16.5. The van der Waals surface area contributed by atoms with Crippen molar-refractivity contribution in [2.75, 3.05) is 19.8 Å². The van der Waals surface area contributed by atoms with Crippen LogP contribution in [0.5, 0.6) is 11.5 Å². The largest absolute Gasteiger partial charge is 0.493 e. The van der Waals surface area contributed by atoms with Crippen molar-refractivity contribution in [3.05, 3.63) is 24.3 Å². The molecule has 1 aromatic rings. The van der Waals surface area contributed by atoms with E-state index in [1.165, 1.54) is 38.5 Å². The summed E-state index contributed by atoms with van der Waals surface area (Å²) in [5.41, 5.74) is 5.85. The second-order valence-corrected chi connectivity index (χ2v) is 6.54. The summed E-state index contributed by atoms with van der Waals surface area (Å²) in [6, 6.07) is 7.93. The van der Waals surface area contributed by atoms with Gasteiger partial charge in [0, 0.05) is 18.0 Å². The lowest BCUT2D eigenvalue weighted by atomic mass is 9.75. The maximum Gasteiger partial charge on any atom is 0.123 e. The van der Waals surface area contributed by atoms with Gasteiger partial charge in [0.25, 0.3) is 0 Å². The molecule has 1 aromatic carbocycles. The fourth-order valence-corrected chi connectivity index (χ4v) is 3.54. The van der Waals surface area contributed by atoms with Crippen LogP contribution in [0.4, 0.5) is 0 Å². The second-order valence-electron chi connectivity index (χ2n) is 6.54. The molecule has 0 amide bonds. The number of nitrogens with two attached hydrogens (primary N) is 1. The van der Waals surface area contributed by atoms with Gasteiger partial charge in [-0.15, -0.1) is 0 Å². The quantitative estimate of drug-likeness (QED) is 0.659. The average molecular weight is 305 g/mol. The molecule has 124 valence electrons. The van der Waals surface area contributed by atoms with Crippen molar-refractivity contribution in [2.24, 2.45) is 17.1 Å². The Labute approximate surface area is 135 Å². The molecule has 0 heterocycles. The van der Waals surface area contributed by atoms with Gasteiger partial charge < -0.3 is 15.2 Å². The SMILES string of the molecule is CCCC(CCC)(COc1cccc(OCCN)c1)C1CC1. The molecule has 2 rings (SSSR count). The van der Waals surface area contributed by atoms with Crippen molar-refractivity contribution in [2.45, 2.75) is 52.4 Å². The summed E-state index contributed by atoms with van der Waals surface area (Å²) < 4.78 is 11.8. The smallest absolute Gasteiger partial charge is 0.123 e. The van der Waals surface area contributed by atoms with Gasteiger partial charge in [-0.1, -0.05) is 32.8 Å². The molecular weight excluding hydrogens is 274 g/mol. The topological polar surface area (TPSA) is 44.5 Å². The van der Waals surface area contributed by atoms with Crippen LogP contribution in [-0.2, 0) is 0 Å². The van der Waals surface area contributed by atoms with Gasteiger partial charge in [-0.3, -0.25) is 0 Å². The summed E-state index contributed by atoms with van der Waals surface area (Å²) in [5, 5.41) is 0. The molecule has 1 aliphatic rings. The third-order valence-corrected chi connectivity index (χ3v) is 4.66. The molecule has 0 spiro atoms. The molecule has 22 heavy (non-hydrogen) atoms. The predicted molar refractivity (Wildman–Crippen MR) is 91.5 cm³/mol. The van der Waals surface area contributed by atoms with E-state index in [0.717, 1.165) is 24.0 Å². The van der Waals surface area contributed by atoms with Gasteiger partial charge >= 0.3 is 0 Å². The van der Waals surface area contributed by atoms with Gasteiger partial charge in [0.05, 0.1) is 6.61 Å². The van der Waals surface area contributed by atoms with Crippen LogP contribution in [0.15, 0.2) is 24.3 Å². The van der Waals surface area contributed by atoms with Crippen LogP contribution in [0.3, 0.4) is 0 Å². The van der Waals surface area contributed by atoms with E-state index >= 15 is 0 Å². The first kappa shape index (κ1) is 17.1. The summed E-state index contributed by atoms with van der Waals surface area (Å²) >= 11 is 0. The van der Waals surface area contributed by atoms with Crippen LogP contribution in [-0.4, -0.2) is 19.8 Å². The zero-order valence-electron chi connectivity index (χ0n) is 14.1. The number of rotatable bonds is 11. The molecule has 1 saturated carbocycles. The number of benzene rings is 1. The number of ether oxygens (including phenoxy) is 2. The first-order valence-electron chi connectivity index (χ1n) is 8.80. The first-order chi connectivity index (χ1) is 10.7. The summed E-state index contributed by atoms with van der Waals surface area (Å²) in [4.78, 5) is 0. The van der Waals surface area contributed by atoms with Crippen molar-refractivity contribution in [1.82, 2.24) is 0 Å². The van der Waals surface area contributed by atoms with Crippen LogP contribution in [0.2, 0.25) is 0 Å². The maximum atomic E-state index is 6.19. The van der Waals surface area contributed by atoms with E-state index in [-0.39, 0.29) is 0 Å². The molecule has 2 N–H and O–H groups in total. The monoisotopic (exact) mass is 305 g/mol. The Bertz CT molecular complexity index is 437. The summed E-state index contributed by atoms with van der Waals surface area (Å²) in [6.07, 6.45) is 7.77. The van der Waals surface area contributed by atoms with Crippen molar-refractivity contribution in [1.29, 1.82) is 0 Å². The Kier molecular flexibility index (Phi) is 6.56. The van der Waals surface area contributed by atoms with E-state index in [1.54, 1.807) is 0 Å². The molecule has 0 aliphatic heterocycles. The predicted octanol–water partition coefficient (Wildman–Crippen LogP) is 4.40. The van der Waals surface area contributed by atoms with E-state index in [9.17, 15) is 0 Å². The number of hydrogen-bond acceptors (Lipinski definition) is 3. The molecular formula is C19H31NO2. The highest BCUT2D eigenvalue weighted by molar-refractivity contribution is 5.33. The highest BCUT2D eigenvalue weighted by Gasteiger charge is 2.44. The van der Waals surface area contributed by atoms with Crippen molar-refractivity contribution in [3.8, 4) is 11.5 Å². The molecule has 0 saturated heterocycles. The Balaban J connectivity index is 1.99. The van der Waals surface area contributed by atoms with Crippen molar-refractivity contribution >= 4 is 0 Å². The molecule has 1 fully saturated rings. The molecule has 3 nitrogen and oxygen atoms in total. The number of hydrogen-bond donors (Lipinski definition) is 1. The minimum atomic E-state index is 0.373. The van der Waals surface area contributed by atoms with E-state index in [1.807, 2.05) is 24.3 Å². The van der Waals surface area contributed by atoms with Crippen LogP contribution >= 0.6 is 0 Å². The summed E-state index contributed by atoms with van der Waals surface area (Å²) in [6.45, 7) is 6.48. The van der Waals surface area contributed by atoms with E-state index in [2.05, 4.69) is 13.8 Å². The zero-order chi connectivity index (χ0) is 15.8. The lowest BCUT2D eigenvalue weighted by molar-refractivity contribution is 0.0947.